The van der Waals surface area contributed by atoms with Gasteiger partial charge < -0.3 is 0 Å². The summed E-state index contributed by atoms with van der Waals surface area (Å²) >= 11 is 5.67. The van der Waals surface area contributed by atoms with Crippen LogP contribution in [0.4, 0.5) is 0 Å². The summed E-state index contributed by atoms with van der Waals surface area (Å²) in [7, 11) is 0. The molecule has 0 saturated heterocycles. The van der Waals surface area contributed by atoms with Crippen LogP contribution in [0, 0.1) is 0 Å². The number of hydrogen-bond donors (Lipinski definition) is 0. The number of hydrogen-bond acceptors (Lipinski definition) is 1. The van der Waals surface area contributed by atoms with E-state index in [1.165, 1.54) is 36.8 Å². The summed E-state index contributed by atoms with van der Waals surface area (Å²) < 4.78 is 2.03. The summed E-state index contributed by atoms with van der Waals surface area (Å²) in [5, 5.41) is 4.44. The lowest BCUT2D eigenvalue weighted by Crippen LogP contribution is -1.99. The van der Waals surface area contributed by atoms with E-state index in [-0.39, 0.29) is 0 Å². The normalized spacial score (nSPS) is 10.8. The first-order valence-electron chi connectivity index (χ1n) is 7.50. The summed E-state index contributed by atoms with van der Waals surface area (Å²) in [6.45, 7) is 0.858. The van der Waals surface area contributed by atoms with Crippen molar-refractivity contribution in [1.29, 1.82) is 0 Å². The lowest BCUT2D eigenvalue weighted by atomic mass is 10.1. The monoisotopic (exact) mass is 290 g/mol. The highest BCUT2D eigenvalue weighted by Crippen LogP contribution is 2.10. The summed E-state index contributed by atoms with van der Waals surface area (Å²) in [6.07, 6.45) is 11.6. The van der Waals surface area contributed by atoms with Crippen molar-refractivity contribution < 1.29 is 0 Å². The predicted octanol–water partition coefficient (Wildman–Crippen LogP) is 4.66. The quantitative estimate of drug-likeness (QED) is 0.485. The molecule has 0 saturated carbocycles. The van der Waals surface area contributed by atoms with Gasteiger partial charge in [0, 0.05) is 12.1 Å². The number of aryl methyl sites for hydroxylation is 1. The van der Waals surface area contributed by atoms with Crippen molar-refractivity contribution in [3.05, 3.63) is 53.9 Å². The third kappa shape index (κ3) is 5.38. The minimum Gasteiger partial charge on any atom is -0.268 e. The Labute approximate surface area is 126 Å². The van der Waals surface area contributed by atoms with Crippen molar-refractivity contribution in [3.63, 3.8) is 0 Å². The fourth-order valence-corrected chi connectivity index (χ4v) is 2.54. The average Bonchev–Trinajstić information content (AvgIpc) is 2.91. The van der Waals surface area contributed by atoms with Crippen molar-refractivity contribution in [2.75, 3.05) is 5.88 Å². The van der Waals surface area contributed by atoms with Crippen molar-refractivity contribution in [2.45, 2.75) is 45.1 Å². The van der Waals surface area contributed by atoms with Crippen LogP contribution in [-0.4, -0.2) is 15.7 Å². The maximum atomic E-state index is 5.67. The molecule has 0 amide bonds. The first-order valence-corrected chi connectivity index (χ1v) is 8.03. The standard InChI is InChI=1S/C17H23ClN2/c18-12-8-3-1-2-5-11-17-13-19-20(15-17)14-16-9-6-4-7-10-16/h4,6-7,9-10,13,15H,1-3,5,8,11-12,14H2. The molecule has 1 aromatic heterocycles. The van der Waals surface area contributed by atoms with E-state index in [9.17, 15) is 0 Å². The Bertz CT molecular complexity index is 479. The molecule has 0 aliphatic heterocycles. The van der Waals surface area contributed by atoms with Crippen LogP contribution in [0.2, 0.25) is 0 Å². The molecule has 2 aromatic rings. The molecule has 0 N–H and O–H groups in total. The molecule has 0 fully saturated rings. The fraction of sp³-hybridized carbons (Fsp3) is 0.471. The topological polar surface area (TPSA) is 17.8 Å². The Kier molecular flexibility index (Phi) is 6.65. The van der Waals surface area contributed by atoms with Crippen LogP contribution in [0.25, 0.3) is 0 Å². The number of rotatable bonds is 9. The van der Waals surface area contributed by atoms with Crippen LogP contribution < -0.4 is 0 Å². The number of aromatic nitrogens is 2. The summed E-state index contributed by atoms with van der Waals surface area (Å²) in [6, 6.07) is 10.5. The predicted molar refractivity (Wildman–Crippen MR) is 85.3 cm³/mol. The molecule has 3 heteroatoms. The zero-order chi connectivity index (χ0) is 14.0. The molecule has 0 radical (unpaired) electrons. The van der Waals surface area contributed by atoms with Gasteiger partial charge in [-0.25, -0.2) is 0 Å². The van der Waals surface area contributed by atoms with Crippen molar-refractivity contribution in [3.8, 4) is 0 Å². The number of unbranched alkanes of at least 4 members (excludes halogenated alkanes) is 4. The molecule has 0 aliphatic carbocycles. The molecule has 20 heavy (non-hydrogen) atoms. The van der Waals surface area contributed by atoms with Gasteiger partial charge in [0.05, 0.1) is 12.7 Å². The summed E-state index contributed by atoms with van der Waals surface area (Å²) in [5.41, 5.74) is 2.64. The number of halogens is 1. The number of alkyl halides is 1. The molecule has 108 valence electrons. The van der Waals surface area contributed by atoms with Gasteiger partial charge in [0.1, 0.15) is 0 Å². The molecule has 0 unspecified atom stereocenters. The second kappa shape index (κ2) is 8.80. The summed E-state index contributed by atoms with van der Waals surface area (Å²) in [4.78, 5) is 0. The Morgan fingerprint density at radius 3 is 2.45 bits per heavy atom. The van der Waals surface area contributed by atoms with Crippen LogP contribution in [-0.2, 0) is 13.0 Å². The highest BCUT2D eigenvalue weighted by atomic mass is 35.5. The van der Waals surface area contributed by atoms with Crippen LogP contribution in [0.3, 0.4) is 0 Å². The minimum absolute atomic E-state index is 0.798. The van der Waals surface area contributed by atoms with E-state index in [4.69, 9.17) is 11.6 Å². The van der Waals surface area contributed by atoms with E-state index in [2.05, 4.69) is 35.6 Å². The number of nitrogens with zero attached hydrogens (tertiary/aromatic N) is 2. The highest BCUT2D eigenvalue weighted by molar-refractivity contribution is 6.17. The Hall–Kier alpha value is -1.28. The first kappa shape index (κ1) is 15.1. The molecule has 1 heterocycles. The molecule has 0 spiro atoms. The second-order valence-electron chi connectivity index (χ2n) is 5.24. The third-order valence-corrected chi connectivity index (χ3v) is 3.74. The van der Waals surface area contributed by atoms with E-state index < -0.39 is 0 Å². The van der Waals surface area contributed by atoms with Crippen LogP contribution in [0.1, 0.15) is 43.2 Å². The van der Waals surface area contributed by atoms with Gasteiger partial charge in [-0.2, -0.15) is 5.10 Å². The lowest BCUT2D eigenvalue weighted by molar-refractivity contribution is 0.633. The second-order valence-corrected chi connectivity index (χ2v) is 5.62. The van der Waals surface area contributed by atoms with Gasteiger partial charge in [0.25, 0.3) is 0 Å². The third-order valence-electron chi connectivity index (χ3n) is 3.47. The zero-order valence-electron chi connectivity index (χ0n) is 12.0. The molecular weight excluding hydrogens is 268 g/mol. The minimum atomic E-state index is 0.798. The van der Waals surface area contributed by atoms with Crippen molar-refractivity contribution in [1.82, 2.24) is 9.78 Å². The largest absolute Gasteiger partial charge is 0.268 e. The average molecular weight is 291 g/mol. The van der Waals surface area contributed by atoms with E-state index in [0.717, 1.165) is 25.3 Å². The molecule has 0 aliphatic rings. The fourth-order valence-electron chi connectivity index (χ4n) is 2.35. The molecule has 0 atom stereocenters. The Morgan fingerprint density at radius 2 is 1.65 bits per heavy atom. The SMILES string of the molecule is ClCCCCCCCc1cnn(Cc2ccccc2)c1. The molecular formula is C17H23ClN2. The van der Waals surface area contributed by atoms with Gasteiger partial charge in [0.2, 0.25) is 0 Å². The van der Waals surface area contributed by atoms with Gasteiger partial charge in [-0.15, -0.1) is 11.6 Å². The van der Waals surface area contributed by atoms with Crippen molar-refractivity contribution >= 4 is 11.6 Å². The smallest absolute Gasteiger partial charge is 0.0659 e. The van der Waals surface area contributed by atoms with Crippen LogP contribution in [0.5, 0.6) is 0 Å². The van der Waals surface area contributed by atoms with Crippen LogP contribution >= 0.6 is 11.6 Å². The maximum absolute atomic E-state index is 5.67. The molecule has 2 nitrogen and oxygen atoms in total. The van der Waals surface area contributed by atoms with Crippen molar-refractivity contribution in [2.24, 2.45) is 0 Å². The Morgan fingerprint density at radius 1 is 0.900 bits per heavy atom. The molecule has 2 rings (SSSR count). The van der Waals surface area contributed by atoms with Gasteiger partial charge in [-0.05, 0) is 30.4 Å². The lowest BCUT2D eigenvalue weighted by Gasteiger charge is -2.01. The van der Waals surface area contributed by atoms with Crippen LogP contribution in [0.15, 0.2) is 42.7 Å². The van der Waals surface area contributed by atoms with E-state index >= 15 is 0 Å². The number of benzene rings is 1. The van der Waals surface area contributed by atoms with E-state index in [1.807, 2.05) is 16.9 Å². The van der Waals surface area contributed by atoms with Gasteiger partial charge in [-0.3, -0.25) is 4.68 Å². The zero-order valence-corrected chi connectivity index (χ0v) is 12.7. The summed E-state index contributed by atoms with van der Waals surface area (Å²) in [5.74, 6) is 0.798. The first-order chi connectivity index (χ1) is 9.88. The molecule has 0 bridgehead atoms. The highest BCUT2D eigenvalue weighted by Gasteiger charge is 2.00. The van der Waals surface area contributed by atoms with Gasteiger partial charge in [-0.1, -0.05) is 49.6 Å². The van der Waals surface area contributed by atoms with E-state index in [1.54, 1.807) is 0 Å². The Balaban J connectivity index is 1.70. The maximum Gasteiger partial charge on any atom is 0.0659 e. The van der Waals surface area contributed by atoms with Gasteiger partial charge >= 0.3 is 0 Å². The molecule has 1 aromatic carbocycles. The van der Waals surface area contributed by atoms with Gasteiger partial charge in [0.15, 0.2) is 0 Å². The van der Waals surface area contributed by atoms with E-state index in [0.29, 0.717) is 0 Å².